The van der Waals surface area contributed by atoms with Gasteiger partial charge in [0, 0.05) is 18.4 Å². The molecule has 0 radical (unpaired) electrons. The third-order valence-electron chi connectivity index (χ3n) is 5.08. The molecule has 1 aromatic carbocycles. The molecule has 0 spiro atoms. The molecule has 0 fully saturated rings. The number of hydrogen-bond donors (Lipinski definition) is 1. The standard InChI is InChI=1S/C21H21N3O2/c1-3-24-12-17(19(25)16-10-8-13(2)22-20(16)24)21(26)23-18-11-9-14-6-4-5-7-15(14)18/h4-8,10,12,18H,3,9,11H2,1-2H3,(H,23,26)/t18-/m0/s1. The number of fused-ring (bicyclic) bond motifs is 2. The number of carbonyl (C=O) groups excluding carboxylic acids is 1. The first-order valence-electron chi connectivity index (χ1n) is 8.98. The third-order valence-corrected chi connectivity index (χ3v) is 5.08. The monoisotopic (exact) mass is 347 g/mol. The fraction of sp³-hybridized carbons (Fsp3) is 0.286. The van der Waals surface area contributed by atoms with Crippen molar-refractivity contribution < 1.29 is 4.79 Å². The van der Waals surface area contributed by atoms with Gasteiger partial charge < -0.3 is 9.88 Å². The van der Waals surface area contributed by atoms with Gasteiger partial charge >= 0.3 is 0 Å². The van der Waals surface area contributed by atoms with E-state index >= 15 is 0 Å². The third kappa shape index (κ3) is 2.69. The van der Waals surface area contributed by atoms with Crippen molar-refractivity contribution in [2.24, 2.45) is 0 Å². The summed E-state index contributed by atoms with van der Waals surface area (Å²) in [6, 6.07) is 11.7. The minimum absolute atomic E-state index is 0.0417. The Hall–Kier alpha value is -2.95. The SMILES string of the molecule is CCn1cc(C(=O)N[C@H]2CCc3ccccc32)c(=O)c2ccc(C)nc21. The van der Waals surface area contributed by atoms with Gasteiger partial charge in [0.1, 0.15) is 11.2 Å². The van der Waals surface area contributed by atoms with Crippen LogP contribution in [-0.4, -0.2) is 15.5 Å². The highest BCUT2D eigenvalue weighted by Crippen LogP contribution is 2.30. The molecule has 1 aliphatic carbocycles. The van der Waals surface area contributed by atoms with Crippen molar-refractivity contribution in [2.75, 3.05) is 0 Å². The van der Waals surface area contributed by atoms with Gasteiger partial charge in [0.05, 0.1) is 11.4 Å². The van der Waals surface area contributed by atoms with Crippen molar-refractivity contribution in [3.63, 3.8) is 0 Å². The molecule has 0 saturated heterocycles. The molecule has 0 unspecified atom stereocenters. The molecule has 0 bridgehead atoms. The van der Waals surface area contributed by atoms with Gasteiger partial charge in [-0.25, -0.2) is 4.98 Å². The lowest BCUT2D eigenvalue weighted by Crippen LogP contribution is -2.32. The van der Waals surface area contributed by atoms with E-state index in [4.69, 9.17) is 0 Å². The zero-order chi connectivity index (χ0) is 18.3. The topological polar surface area (TPSA) is 64.0 Å². The highest BCUT2D eigenvalue weighted by Gasteiger charge is 2.25. The van der Waals surface area contributed by atoms with Crippen LogP contribution in [0.3, 0.4) is 0 Å². The zero-order valence-corrected chi connectivity index (χ0v) is 15.0. The second-order valence-electron chi connectivity index (χ2n) is 6.75. The van der Waals surface area contributed by atoms with Gasteiger partial charge in [0.15, 0.2) is 0 Å². The average molecular weight is 347 g/mol. The maximum atomic E-state index is 12.9. The van der Waals surface area contributed by atoms with Crippen LogP contribution in [0, 0.1) is 6.92 Å². The van der Waals surface area contributed by atoms with Crippen LogP contribution in [0.25, 0.3) is 11.0 Å². The summed E-state index contributed by atoms with van der Waals surface area (Å²) in [7, 11) is 0. The molecule has 26 heavy (non-hydrogen) atoms. The Labute approximate surface area is 151 Å². The fourth-order valence-electron chi connectivity index (χ4n) is 3.71. The Kier molecular flexibility index (Phi) is 4.07. The highest BCUT2D eigenvalue weighted by atomic mass is 16.2. The lowest BCUT2D eigenvalue weighted by molar-refractivity contribution is 0.0935. The van der Waals surface area contributed by atoms with Gasteiger partial charge in [0.25, 0.3) is 5.91 Å². The summed E-state index contributed by atoms with van der Waals surface area (Å²) >= 11 is 0. The number of carbonyl (C=O) groups is 1. The molecule has 0 saturated carbocycles. The summed E-state index contributed by atoms with van der Waals surface area (Å²) < 4.78 is 1.86. The van der Waals surface area contributed by atoms with Crippen molar-refractivity contribution in [3.05, 3.63) is 75.2 Å². The van der Waals surface area contributed by atoms with E-state index in [2.05, 4.69) is 16.4 Å². The van der Waals surface area contributed by atoms with Crippen LogP contribution in [-0.2, 0) is 13.0 Å². The molecule has 0 aliphatic heterocycles. The number of nitrogens with zero attached hydrogens (tertiary/aromatic N) is 2. The van der Waals surface area contributed by atoms with E-state index in [9.17, 15) is 9.59 Å². The summed E-state index contributed by atoms with van der Waals surface area (Å²) in [6.07, 6.45) is 3.44. The van der Waals surface area contributed by atoms with Crippen molar-refractivity contribution in [1.82, 2.24) is 14.9 Å². The predicted octanol–water partition coefficient (Wildman–Crippen LogP) is 3.14. The Morgan fingerprint density at radius 3 is 2.88 bits per heavy atom. The van der Waals surface area contributed by atoms with Crippen molar-refractivity contribution in [3.8, 4) is 0 Å². The van der Waals surface area contributed by atoms with Gasteiger partial charge in [-0.1, -0.05) is 24.3 Å². The molecule has 1 amide bonds. The smallest absolute Gasteiger partial charge is 0.257 e. The van der Waals surface area contributed by atoms with E-state index in [1.165, 1.54) is 5.56 Å². The summed E-state index contributed by atoms with van der Waals surface area (Å²) in [5.41, 5.74) is 3.80. The number of rotatable bonds is 3. The van der Waals surface area contributed by atoms with E-state index in [0.717, 1.165) is 24.1 Å². The fourth-order valence-corrected chi connectivity index (χ4v) is 3.71. The molecule has 1 atom stereocenters. The first-order valence-corrected chi connectivity index (χ1v) is 8.98. The van der Waals surface area contributed by atoms with E-state index in [-0.39, 0.29) is 22.9 Å². The lowest BCUT2D eigenvalue weighted by atomic mass is 10.1. The summed E-state index contributed by atoms with van der Waals surface area (Å²) in [5.74, 6) is -0.318. The maximum Gasteiger partial charge on any atom is 0.257 e. The van der Waals surface area contributed by atoms with Gasteiger partial charge in [0.2, 0.25) is 5.43 Å². The second kappa shape index (κ2) is 6.41. The first-order chi connectivity index (χ1) is 12.6. The number of pyridine rings is 2. The minimum atomic E-state index is -0.318. The summed E-state index contributed by atoms with van der Waals surface area (Å²) in [5, 5.41) is 3.53. The van der Waals surface area contributed by atoms with Gasteiger partial charge in [-0.2, -0.15) is 0 Å². The van der Waals surface area contributed by atoms with Crippen LogP contribution >= 0.6 is 0 Å². The van der Waals surface area contributed by atoms with Crippen LogP contribution in [0.1, 0.15) is 46.6 Å². The molecule has 1 N–H and O–H groups in total. The Morgan fingerprint density at radius 1 is 1.27 bits per heavy atom. The molecular formula is C21H21N3O2. The average Bonchev–Trinajstić information content (AvgIpc) is 3.05. The molecular weight excluding hydrogens is 326 g/mol. The van der Waals surface area contributed by atoms with E-state index in [1.54, 1.807) is 18.3 Å². The predicted molar refractivity (Wildman–Crippen MR) is 101 cm³/mol. The largest absolute Gasteiger partial charge is 0.345 e. The molecule has 132 valence electrons. The molecule has 2 heterocycles. The highest BCUT2D eigenvalue weighted by molar-refractivity contribution is 5.97. The van der Waals surface area contributed by atoms with Crippen molar-refractivity contribution >= 4 is 16.9 Å². The quantitative estimate of drug-likeness (QED) is 0.792. The molecule has 5 heteroatoms. The number of benzene rings is 1. The molecule has 2 aromatic heterocycles. The number of aromatic nitrogens is 2. The van der Waals surface area contributed by atoms with E-state index in [0.29, 0.717) is 17.6 Å². The number of aryl methyl sites for hydroxylation is 3. The van der Waals surface area contributed by atoms with E-state index in [1.807, 2.05) is 36.6 Å². The van der Waals surface area contributed by atoms with Crippen LogP contribution < -0.4 is 10.7 Å². The van der Waals surface area contributed by atoms with Gasteiger partial charge in [-0.05, 0) is 49.9 Å². The summed E-state index contributed by atoms with van der Waals surface area (Å²) in [6.45, 7) is 4.50. The Bertz CT molecular complexity index is 1070. The Morgan fingerprint density at radius 2 is 2.08 bits per heavy atom. The van der Waals surface area contributed by atoms with Crippen LogP contribution in [0.4, 0.5) is 0 Å². The van der Waals surface area contributed by atoms with Crippen LogP contribution in [0.15, 0.2) is 47.4 Å². The number of hydrogen-bond acceptors (Lipinski definition) is 3. The second-order valence-corrected chi connectivity index (χ2v) is 6.75. The molecule has 4 rings (SSSR count). The van der Waals surface area contributed by atoms with Gasteiger partial charge in [-0.15, -0.1) is 0 Å². The lowest BCUT2D eigenvalue weighted by Gasteiger charge is -2.15. The summed E-state index contributed by atoms with van der Waals surface area (Å²) in [4.78, 5) is 30.2. The minimum Gasteiger partial charge on any atom is -0.345 e. The maximum absolute atomic E-state index is 12.9. The van der Waals surface area contributed by atoms with Crippen LogP contribution in [0.5, 0.6) is 0 Å². The zero-order valence-electron chi connectivity index (χ0n) is 15.0. The van der Waals surface area contributed by atoms with Crippen molar-refractivity contribution in [2.45, 2.75) is 39.3 Å². The first kappa shape index (κ1) is 16.5. The number of nitrogens with one attached hydrogen (secondary N) is 1. The van der Waals surface area contributed by atoms with E-state index < -0.39 is 0 Å². The van der Waals surface area contributed by atoms with Crippen molar-refractivity contribution in [1.29, 1.82) is 0 Å². The molecule has 1 aliphatic rings. The Balaban J connectivity index is 1.73. The molecule has 5 nitrogen and oxygen atoms in total. The van der Waals surface area contributed by atoms with Crippen LogP contribution in [0.2, 0.25) is 0 Å². The number of amides is 1. The van der Waals surface area contributed by atoms with Gasteiger partial charge in [-0.3, -0.25) is 9.59 Å². The normalized spacial score (nSPS) is 15.8. The molecule has 3 aromatic rings.